The van der Waals surface area contributed by atoms with Crippen LogP contribution in [0.3, 0.4) is 0 Å². The molecule has 0 N–H and O–H groups in total. The van der Waals surface area contributed by atoms with Gasteiger partial charge in [0.25, 0.3) is 0 Å². The Morgan fingerprint density at radius 2 is 1.69 bits per heavy atom. The average molecular weight is 415 g/mol. The van der Waals surface area contributed by atoms with Crippen LogP contribution in [0.1, 0.15) is 59.3 Å². The monoisotopic (exact) mass is 414 g/mol. The smallest absolute Gasteiger partial charge is 0.305 e. The van der Waals surface area contributed by atoms with Crippen LogP contribution in [0.2, 0.25) is 0 Å². The first-order chi connectivity index (χ1) is 13.4. The van der Waals surface area contributed by atoms with E-state index >= 15 is 0 Å². The zero-order valence-corrected chi connectivity index (χ0v) is 19.3. The van der Waals surface area contributed by atoms with Crippen molar-refractivity contribution in [2.45, 2.75) is 71.5 Å². The van der Waals surface area contributed by atoms with Gasteiger partial charge < -0.3 is 9.80 Å². The highest BCUT2D eigenvalue weighted by Gasteiger charge is 2.37. The summed E-state index contributed by atoms with van der Waals surface area (Å²) in [7, 11) is 6.40. The standard InChI is InChI=1S/C24H41F3N2/c1-8-21(28(5)6)17-29(7)18-22(23(4)15-10-9-11-16-23)19(2)13-12-14-20(3)24(25,26)27/h12-14,21-22H,3,8-11,15-18H2,1-2,4-7H3/b14-12-,19-13+. The van der Waals surface area contributed by atoms with Crippen molar-refractivity contribution in [3.63, 3.8) is 0 Å². The SMILES string of the molecule is C=C(/C=C\C=C(/C)C(CN(C)CC(CC)N(C)C)C1(C)CCCCC1)C(F)(F)F. The topological polar surface area (TPSA) is 6.48 Å². The van der Waals surface area contributed by atoms with Crippen LogP contribution in [0, 0.1) is 11.3 Å². The molecular weight excluding hydrogens is 373 g/mol. The first-order valence-corrected chi connectivity index (χ1v) is 10.9. The Morgan fingerprint density at radius 1 is 1.10 bits per heavy atom. The molecule has 1 aliphatic rings. The summed E-state index contributed by atoms with van der Waals surface area (Å²) in [5, 5.41) is 0. The van der Waals surface area contributed by atoms with Crippen LogP contribution in [0.25, 0.3) is 0 Å². The Hall–Kier alpha value is -1.07. The van der Waals surface area contributed by atoms with E-state index in [1.807, 2.05) is 6.08 Å². The highest BCUT2D eigenvalue weighted by atomic mass is 19.4. The molecule has 168 valence electrons. The van der Waals surface area contributed by atoms with Gasteiger partial charge in [0.05, 0.1) is 0 Å². The third kappa shape index (κ3) is 8.29. The zero-order valence-electron chi connectivity index (χ0n) is 19.3. The number of rotatable bonds is 10. The van der Waals surface area contributed by atoms with Crippen molar-refractivity contribution >= 4 is 0 Å². The van der Waals surface area contributed by atoms with E-state index in [1.165, 1.54) is 38.2 Å². The highest BCUT2D eigenvalue weighted by molar-refractivity contribution is 5.26. The van der Waals surface area contributed by atoms with E-state index in [1.54, 1.807) is 0 Å². The fourth-order valence-corrected chi connectivity index (χ4v) is 4.55. The maximum Gasteiger partial charge on any atom is 0.415 e. The first kappa shape index (κ1) is 26.0. The number of halogens is 3. The van der Waals surface area contributed by atoms with Gasteiger partial charge in [0.1, 0.15) is 0 Å². The van der Waals surface area contributed by atoms with Crippen molar-refractivity contribution in [1.29, 1.82) is 0 Å². The van der Waals surface area contributed by atoms with E-state index in [2.05, 4.69) is 58.3 Å². The number of hydrogen-bond donors (Lipinski definition) is 0. The van der Waals surface area contributed by atoms with Crippen LogP contribution >= 0.6 is 0 Å². The van der Waals surface area contributed by atoms with E-state index in [0.29, 0.717) is 12.0 Å². The van der Waals surface area contributed by atoms with Gasteiger partial charge in [0.2, 0.25) is 0 Å². The summed E-state index contributed by atoms with van der Waals surface area (Å²) in [5.41, 5.74) is 0.545. The fourth-order valence-electron chi connectivity index (χ4n) is 4.55. The average Bonchev–Trinajstić information content (AvgIpc) is 2.63. The molecule has 1 fully saturated rings. The number of alkyl halides is 3. The maximum atomic E-state index is 12.7. The number of hydrogen-bond acceptors (Lipinski definition) is 2. The zero-order chi connectivity index (χ0) is 22.2. The lowest BCUT2D eigenvalue weighted by Crippen LogP contribution is -2.43. The first-order valence-electron chi connectivity index (χ1n) is 10.9. The van der Waals surface area contributed by atoms with Gasteiger partial charge in [0.15, 0.2) is 0 Å². The molecule has 0 amide bonds. The fraction of sp³-hybridized carbons (Fsp3) is 0.750. The van der Waals surface area contributed by atoms with Crippen LogP contribution in [0.4, 0.5) is 13.2 Å². The summed E-state index contributed by atoms with van der Waals surface area (Å²) >= 11 is 0. The molecule has 5 heteroatoms. The molecule has 2 nitrogen and oxygen atoms in total. The third-order valence-corrected chi connectivity index (χ3v) is 6.63. The minimum Gasteiger partial charge on any atom is -0.305 e. The molecule has 0 aliphatic heterocycles. The largest absolute Gasteiger partial charge is 0.415 e. The summed E-state index contributed by atoms with van der Waals surface area (Å²) in [4.78, 5) is 4.66. The second kappa shape index (κ2) is 11.4. The lowest BCUT2D eigenvalue weighted by atomic mass is 9.65. The lowest BCUT2D eigenvalue weighted by molar-refractivity contribution is -0.0878. The van der Waals surface area contributed by atoms with Crippen LogP contribution in [0.5, 0.6) is 0 Å². The van der Waals surface area contributed by atoms with Crippen molar-refractivity contribution in [2.75, 3.05) is 34.2 Å². The van der Waals surface area contributed by atoms with Gasteiger partial charge in [-0.25, -0.2) is 0 Å². The minimum atomic E-state index is -4.37. The van der Waals surface area contributed by atoms with E-state index in [-0.39, 0.29) is 5.41 Å². The van der Waals surface area contributed by atoms with Crippen LogP contribution in [0.15, 0.2) is 36.0 Å². The van der Waals surface area contributed by atoms with Crippen LogP contribution < -0.4 is 0 Å². The van der Waals surface area contributed by atoms with E-state index < -0.39 is 11.7 Å². The molecule has 1 saturated carbocycles. The molecule has 0 heterocycles. The lowest BCUT2D eigenvalue weighted by Gasteiger charge is -2.43. The highest BCUT2D eigenvalue weighted by Crippen LogP contribution is 2.45. The summed E-state index contributed by atoms with van der Waals surface area (Å²) in [5.74, 6) is 0.330. The van der Waals surface area contributed by atoms with E-state index in [0.717, 1.165) is 31.2 Å². The Labute approximate surface area is 176 Å². The second-order valence-corrected chi connectivity index (χ2v) is 9.31. The summed E-state index contributed by atoms with van der Waals surface area (Å²) in [6.07, 6.45) is 7.29. The molecular formula is C24H41F3N2. The molecule has 1 aliphatic carbocycles. The van der Waals surface area contributed by atoms with Gasteiger partial charge in [-0.3, -0.25) is 0 Å². The Balaban J connectivity index is 3.00. The molecule has 0 aromatic rings. The van der Waals surface area contributed by atoms with Gasteiger partial charge >= 0.3 is 6.18 Å². The predicted octanol–water partition coefficient (Wildman–Crippen LogP) is 6.47. The molecule has 29 heavy (non-hydrogen) atoms. The Bertz CT molecular complexity index is 569. The van der Waals surface area contributed by atoms with Crippen LogP contribution in [-0.2, 0) is 0 Å². The van der Waals surface area contributed by atoms with Gasteiger partial charge in [-0.1, -0.05) is 63.5 Å². The van der Waals surface area contributed by atoms with Crippen molar-refractivity contribution in [2.24, 2.45) is 11.3 Å². The molecule has 0 radical (unpaired) electrons. The van der Waals surface area contributed by atoms with Crippen molar-refractivity contribution < 1.29 is 13.2 Å². The summed E-state index contributed by atoms with van der Waals surface area (Å²) in [6.45, 7) is 11.7. The number of allylic oxidation sites excluding steroid dienone is 4. The third-order valence-electron chi connectivity index (χ3n) is 6.63. The molecule has 0 spiro atoms. The van der Waals surface area contributed by atoms with Gasteiger partial charge in [0, 0.05) is 24.7 Å². The predicted molar refractivity (Wildman–Crippen MR) is 118 cm³/mol. The molecule has 2 atom stereocenters. The molecule has 1 rings (SSSR count). The Morgan fingerprint density at radius 3 is 2.17 bits per heavy atom. The van der Waals surface area contributed by atoms with Gasteiger partial charge in [-0.05, 0) is 58.7 Å². The normalized spacial score (nSPS) is 20.4. The van der Waals surface area contributed by atoms with Crippen molar-refractivity contribution in [3.05, 3.63) is 36.0 Å². The van der Waals surface area contributed by atoms with E-state index in [4.69, 9.17) is 0 Å². The second-order valence-electron chi connectivity index (χ2n) is 9.31. The van der Waals surface area contributed by atoms with Gasteiger partial charge in [-0.2, -0.15) is 13.2 Å². The van der Waals surface area contributed by atoms with E-state index in [9.17, 15) is 13.2 Å². The van der Waals surface area contributed by atoms with Crippen LogP contribution in [-0.4, -0.2) is 56.3 Å². The molecule has 0 bridgehead atoms. The molecule has 0 saturated heterocycles. The minimum absolute atomic E-state index is 0.196. The molecule has 0 aromatic heterocycles. The quantitative estimate of drug-likeness (QED) is 0.378. The number of likely N-dealkylation sites (N-methyl/N-ethyl adjacent to an activating group) is 2. The molecule has 2 unspecified atom stereocenters. The Kier molecular flexibility index (Phi) is 10.2. The summed E-state index contributed by atoms with van der Waals surface area (Å²) < 4.78 is 38.1. The summed E-state index contributed by atoms with van der Waals surface area (Å²) in [6, 6.07) is 0.499. The maximum absolute atomic E-state index is 12.7. The van der Waals surface area contributed by atoms with Crippen molar-refractivity contribution in [1.82, 2.24) is 9.80 Å². The van der Waals surface area contributed by atoms with Crippen molar-refractivity contribution in [3.8, 4) is 0 Å². The van der Waals surface area contributed by atoms with Gasteiger partial charge in [-0.15, -0.1) is 0 Å². The number of nitrogens with zero attached hydrogens (tertiary/aromatic N) is 2. The molecule has 0 aromatic carbocycles.